The molecule has 0 radical (unpaired) electrons. The molecule has 1 saturated heterocycles. The Morgan fingerprint density at radius 2 is 2.19 bits per heavy atom. The summed E-state index contributed by atoms with van der Waals surface area (Å²) in [6, 6.07) is 3.54. The number of sulfonamides is 1. The molecule has 1 atom stereocenters. The molecule has 0 saturated carbocycles. The fourth-order valence-electron chi connectivity index (χ4n) is 2.62. The quantitative estimate of drug-likeness (QED) is 0.816. The maximum Gasteiger partial charge on any atom is 0.241 e. The second-order valence-electron chi connectivity index (χ2n) is 5.70. The van der Waals surface area contributed by atoms with Gasteiger partial charge in [-0.3, -0.25) is 0 Å². The normalized spacial score (nSPS) is 20.1. The lowest BCUT2D eigenvalue weighted by molar-refractivity contribution is 0.394. The van der Waals surface area contributed by atoms with E-state index in [0.717, 1.165) is 30.6 Å². The van der Waals surface area contributed by atoms with Gasteiger partial charge in [0.2, 0.25) is 10.0 Å². The van der Waals surface area contributed by atoms with Gasteiger partial charge < -0.3 is 10.6 Å². The highest BCUT2D eigenvalue weighted by Crippen LogP contribution is 2.27. The Balaban J connectivity index is 2.17. The zero-order valence-electron chi connectivity index (χ0n) is 12.4. The number of halogens is 1. The van der Waals surface area contributed by atoms with Crippen molar-refractivity contribution in [2.24, 2.45) is 11.7 Å². The van der Waals surface area contributed by atoms with Crippen LogP contribution < -0.4 is 10.5 Å². The van der Waals surface area contributed by atoms with Gasteiger partial charge in [0.15, 0.2) is 0 Å². The molecule has 0 bridgehead atoms. The maximum absolute atomic E-state index is 12.5. The number of aryl methyl sites for hydroxylation is 1. The predicted molar refractivity (Wildman–Crippen MR) is 87.6 cm³/mol. The molecule has 1 aliphatic rings. The summed E-state index contributed by atoms with van der Waals surface area (Å²) in [5, 5.41) is 0. The summed E-state index contributed by atoms with van der Waals surface area (Å²) in [6.45, 7) is 4.63. The average Bonchev–Trinajstić information content (AvgIpc) is 2.85. The van der Waals surface area contributed by atoms with E-state index in [2.05, 4.69) is 32.6 Å². The topological polar surface area (TPSA) is 75.4 Å². The zero-order valence-corrected chi connectivity index (χ0v) is 14.8. The molecule has 0 amide bonds. The van der Waals surface area contributed by atoms with Crippen molar-refractivity contribution in [2.45, 2.75) is 24.8 Å². The molecule has 21 heavy (non-hydrogen) atoms. The molecular formula is C14H22BrN3O2S. The Kier molecular flexibility index (Phi) is 5.43. The lowest BCUT2D eigenvalue weighted by Crippen LogP contribution is -2.31. The molecule has 0 spiro atoms. The Labute approximate surface area is 135 Å². The summed E-state index contributed by atoms with van der Waals surface area (Å²) in [6.07, 6.45) is 1.03. The monoisotopic (exact) mass is 375 g/mol. The van der Waals surface area contributed by atoms with Gasteiger partial charge in [-0.2, -0.15) is 0 Å². The van der Waals surface area contributed by atoms with Crippen LogP contribution in [-0.2, 0) is 16.6 Å². The van der Waals surface area contributed by atoms with Crippen LogP contribution in [0.4, 0.5) is 0 Å². The predicted octanol–water partition coefficient (Wildman–Crippen LogP) is 1.45. The van der Waals surface area contributed by atoms with Gasteiger partial charge in [0.05, 0.1) is 4.90 Å². The smallest absolute Gasteiger partial charge is 0.241 e. The third-order valence-electron chi connectivity index (χ3n) is 3.86. The van der Waals surface area contributed by atoms with Crippen LogP contribution in [0.25, 0.3) is 0 Å². The van der Waals surface area contributed by atoms with Crippen molar-refractivity contribution in [3.8, 4) is 0 Å². The third kappa shape index (κ3) is 4.04. The van der Waals surface area contributed by atoms with Gasteiger partial charge in [0, 0.05) is 24.1 Å². The average molecular weight is 376 g/mol. The number of benzene rings is 1. The van der Waals surface area contributed by atoms with Gasteiger partial charge in [-0.05, 0) is 66.0 Å². The Hall–Kier alpha value is -0.470. The van der Waals surface area contributed by atoms with Crippen molar-refractivity contribution in [1.82, 2.24) is 9.62 Å². The summed E-state index contributed by atoms with van der Waals surface area (Å²) >= 11 is 3.37. The van der Waals surface area contributed by atoms with Crippen LogP contribution in [-0.4, -0.2) is 40.0 Å². The van der Waals surface area contributed by atoms with Crippen molar-refractivity contribution < 1.29 is 8.42 Å². The second-order valence-corrected chi connectivity index (χ2v) is 8.23. The molecular weight excluding hydrogens is 354 g/mol. The molecule has 0 aromatic heterocycles. The van der Waals surface area contributed by atoms with Gasteiger partial charge in [0.25, 0.3) is 0 Å². The first-order valence-electron chi connectivity index (χ1n) is 7.01. The third-order valence-corrected chi connectivity index (χ3v) is 6.62. The lowest BCUT2D eigenvalue weighted by atomic mass is 10.1. The Morgan fingerprint density at radius 1 is 1.48 bits per heavy atom. The molecule has 0 aliphatic carbocycles. The number of likely N-dealkylation sites (tertiary alicyclic amines) is 1. The van der Waals surface area contributed by atoms with Gasteiger partial charge in [-0.1, -0.05) is 6.07 Å². The van der Waals surface area contributed by atoms with Crippen LogP contribution in [0.3, 0.4) is 0 Å². The molecule has 118 valence electrons. The van der Waals surface area contributed by atoms with E-state index in [1.165, 1.54) is 0 Å². The minimum atomic E-state index is -3.52. The number of hydrogen-bond donors (Lipinski definition) is 2. The summed E-state index contributed by atoms with van der Waals surface area (Å²) in [4.78, 5) is 2.49. The fourth-order valence-corrected chi connectivity index (χ4v) is 4.80. The molecule has 1 aromatic carbocycles. The van der Waals surface area contributed by atoms with E-state index in [-0.39, 0.29) is 4.90 Å². The van der Waals surface area contributed by atoms with Crippen molar-refractivity contribution in [2.75, 3.05) is 26.7 Å². The van der Waals surface area contributed by atoms with Gasteiger partial charge >= 0.3 is 0 Å². The summed E-state index contributed by atoms with van der Waals surface area (Å²) in [7, 11) is -1.47. The molecule has 1 aromatic rings. The SMILES string of the molecule is Cc1cc(CN)cc(S(=O)(=O)NCC2CCN(C)C2)c1Br. The van der Waals surface area contributed by atoms with Crippen molar-refractivity contribution >= 4 is 26.0 Å². The van der Waals surface area contributed by atoms with Crippen molar-refractivity contribution in [1.29, 1.82) is 0 Å². The molecule has 1 unspecified atom stereocenters. The van der Waals surface area contributed by atoms with Crippen LogP contribution in [0.15, 0.2) is 21.5 Å². The van der Waals surface area contributed by atoms with E-state index in [1.54, 1.807) is 6.07 Å². The van der Waals surface area contributed by atoms with Crippen LogP contribution in [0.2, 0.25) is 0 Å². The summed E-state index contributed by atoms with van der Waals surface area (Å²) in [5.41, 5.74) is 7.32. The first-order chi connectivity index (χ1) is 9.83. The number of hydrogen-bond acceptors (Lipinski definition) is 4. The standard InChI is InChI=1S/C14H22BrN3O2S/c1-10-5-12(7-16)6-13(14(10)15)21(19,20)17-8-11-3-4-18(2)9-11/h5-6,11,17H,3-4,7-9,16H2,1-2H3. The van der Waals surface area contributed by atoms with E-state index in [9.17, 15) is 8.42 Å². The van der Waals surface area contributed by atoms with Gasteiger partial charge in [-0.15, -0.1) is 0 Å². The maximum atomic E-state index is 12.5. The highest BCUT2D eigenvalue weighted by atomic mass is 79.9. The molecule has 1 aliphatic heterocycles. The summed E-state index contributed by atoms with van der Waals surface area (Å²) < 4.78 is 28.4. The van der Waals surface area contributed by atoms with Crippen LogP contribution in [0, 0.1) is 12.8 Å². The lowest BCUT2D eigenvalue weighted by Gasteiger charge is -2.15. The van der Waals surface area contributed by atoms with E-state index in [0.29, 0.717) is 23.5 Å². The fraction of sp³-hybridized carbons (Fsp3) is 0.571. The highest BCUT2D eigenvalue weighted by molar-refractivity contribution is 9.10. The molecule has 5 nitrogen and oxygen atoms in total. The second kappa shape index (κ2) is 6.75. The molecule has 1 heterocycles. The molecule has 3 N–H and O–H groups in total. The van der Waals surface area contributed by atoms with E-state index in [4.69, 9.17) is 5.73 Å². The number of nitrogens with two attached hydrogens (primary N) is 1. The molecule has 2 rings (SSSR count). The van der Waals surface area contributed by atoms with E-state index < -0.39 is 10.0 Å². The zero-order chi connectivity index (χ0) is 15.6. The first-order valence-corrected chi connectivity index (χ1v) is 9.28. The van der Waals surface area contributed by atoms with Crippen molar-refractivity contribution in [3.05, 3.63) is 27.7 Å². The van der Waals surface area contributed by atoms with Crippen LogP contribution in [0.5, 0.6) is 0 Å². The number of nitrogens with one attached hydrogen (secondary N) is 1. The van der Waals surface area contributed by atoms with Gasteiger partial charge in [-0.25, -0.2) is 13.1 Å². The Morgan fingerprint density at radius 3 is 2.76 bits per heavy atom. The van der Waals surface area contributed by atoms with Crippen LogP contribution >= 0.6 is 15.9 Å². The van der Waals surface area contributed by atoms with Crippen LogP contribution in [0.1, 0.15) is 17.5 Å². The first kappa shape index (κ1) is 16.9. The Bertz CT molecular complexity index is 619. The summed E-state index contributed by atoms with van der Waals surface area (Å²) in [5.74, 6) is 0.377. The van der Waals surface area contributed by atoms with E-state index in [1.807, 2.05) is 13.0 Å². The van der Waals surface area contributed by atoms with Crippen molar-refractivity contribution in [3.63, 3.8) is 0 Å². The van der Waals surface area contributed by atoms with E-state index >= 15 is 0 Å². The highest BCUT2D eigenvalue weighted by Gasteiger charge is 2.24. The van der Waals surface area contributed by atoms with Gasteiger partial charge in [0.1, 0.15) is 0 Å². The minimum Gasteiger partial charge on any atom is -0.326 e. The molecule has 1 fully saturated rings. The molecule has 7 heteroatoms. The minimum absolute atomic E-state index is 0.273. The largest absolute Gasteiger partial charge is 0.326 e. The number of rotatable bonds is 5. The number of nitrogens with zero attached hydrogens (tertiary/aromatic N) is 1.